The van der Waals surface area contributed by atoms with Gasteiger partial charge in [0.2, 0.25) is 0 Å². The number of carbonyl (C=O) groups is 1. The van der Waals surface area contributed by atoms with Crippen LogP contribution in [0.1, 0.15) is 37.8 Å². The van der Waals surface area contributed by atoms with Crippen LogP contribution < -0.4 is 0 Å². The molecule has 1 aliphatic heterocycles. The standard InChI is InChI=1S/C18H23NO/c1-4-6-7-15-8-10-16(11-9-15)13-19-12-14(3)17(5-2)18(19)20/h5,8-11H,3-4,6-7,12-13H2,1-2H3/b17-5-. The van der Waals surface area contributed by atoms with Crippen molar-refractivity contribution in [3.05, 3.63) is 59.2 Å². The number of hydrogen-bond donors (Lipinski definition) is 0. The Labute approximate surface area is 121 Å². The van der Waals surface area contributed by atoms with E-state index in [2.05, 4.69) is 37.8 Å². The van der Waals surface area contributed by atoms with Crippen molar-refractivity contribution >= 4 is 5.91 Å². The summed E-state index contributed by atoms with van der Waals surface area (Å²) in [7, 11) is 0. The molecule has 0 spiro atoms. The number of likely N-dealkylation sites (tertiary alicyclic amines) is 1. The maximum Gasteiger partial charge on any atom is 0.254 e. The minimum Gasteiger partial charge on any atom is -0.330 e. The first-order valence-corrected chi connectivity index (χ1v) is 7.37. The molecule has 1 amide bonds. The number of rotatable bonds is 5. The van der Waals surface area contributed by atoms with Crippen molar-refractivity contribution in [1.29, 1.82) is 0 Å². The average molecular weight is 269 g/mol. The monoisotopic (exact) mass is 269 g/mol. The van der Waals surface area contributed by atoms with E-state index in [4.69, 9.17) is 0 Å². The maximum atomic E-state index is 12.2. The number of unbranched alkanes of at least 4 members (excludes halogenated alkanes) is 1. The van der Waals surface area contributed by atoms with E-state index in [1.807, 2.05) is 17.9 Å². The molecule has 0 atom stereocenters. The first-order valence-electron chi connectivity index (χ1n) is 7.37. The summed E-state index contributed by atoms with van der Waals surface area (Å²) in [6, 6.07) is 8.62. The van der Waals surface area contributed by atoms with Gasteiger partial charge in [0.15, 0.2) is 0 Å². The van der Waals surface area contributed by atoms with Crippen molar-refractivity contribution in [2.45, 2.75) is 39.7 Å². The summed E-state index contributed by atoms with van der Waals surface area (Å²) in [4.78, 5) is 14.0. The summed E-state index contributed by atoms with van der Waals surface area (Å²) in [6.45, 7) is 9.39. The second kappa shape index (κ2) is 6.56. The molecule has 1 saturated heterocycles. The molecule has 1 aromatic carbocycles. The van der Waals surface area contributed by atoms with Crippen LogP contribution in [0.3, 0.4) is 0 Å². The number of nitrogens with zero attached hydrogens (tertiary/aromatic N) is 1. The van der Waals surface area contributed by atoms with Crippen LogP contribution in [0.2, 0.25) is 0 Å². The van der Waals surface area contributed by atoms with Gasteiger partial charge in [0.05, 0.1) is 0 Å². The Kier molecular flexibility index (Phi) is 4.78. The summed E-state index contributed by atoms with van der Waals surface area (Å²) < 4.78 is 0. The van der Waals surface area contributed by atoms with E-state index in [9.17, 15) is 4.79 Å². The largest absolute Gasteiger partial charge is 0.330 e. The molecule has 1 fully saturated rings. The first-order chi connectivity index (χ1) is 9.65. The summed E-state index contributed by atoms with van der Waals surface area (Å²) in [5, 5.41) is 0. The van der Waals surface area contributed by atoms with Gasteiger partial charge in [0, 0.05) is 18.7 Å². The molecule has 106 valence electrons. The van der Waals surface area contributed by atoms with E-state index in [0.29, 0.717) is 13.1 Å². The second-order valence-corrected chi connectivity index (χ2v) is 5.39. The zero-order valence-corrected chi connectivity index (χ0v) is 12.5. The van der Waals surface area contributed by atoms with Crippen LogP contribution in [-0.2, 0) is 17.8 Å². The highest BCUT2D eigenvalue weighted by atomic mass is 16.2. The molecule has 20 heavy (non-hydrogen) atoms. The average Bonchev–Trinajstić information content (AvgIpc) is 2.72. The predicted molar refractivity (Wildman–Crippen MR) is 83.4 cm³/mol. The smallest absolute Gasteiger partial charge is 0.254 e. The molecular formula is C18H23NO. The fourth-order valence-electron chi connectivity index (χ4n) is 2.58. The van der Waals surface area contributed by atoms with Gasteiger partial charge < -0.3 is 4.90 Å². The quantitative estimate of drug-likeness (QED) is 0.743. The lowest BCUT2D eigenvalue weighted by Gasteiger charge is -2.15. The van der Waals surface area contributed by atoms with E-state index >= 15 is 0 Å². The highest BCUT2D eigenvalue weighted by Crippen LogP contribution is 2.23. The molecule has 2 heteroatoms. The van der Waals surface area contributed by atoms with Gasteiger partial charge >= 0.3 is 0 Å². The van der Waals surface area contributed by atoms with Crippen molar-refractivity contribution < 1.29 is 4.79 Å². The van der Waals surface area contributed by atoms with Crippen molar-refractivity contribution in [1.82, 2.24) is 4.90 Å². The maximum absolute atomic E-state index is 12.2. The summed E-state index contributed by atoms with van der Waals surface area (Å²) in [5.74, 6) is 0.104. The minimum atomic E-state index is 0.104. The van der Waals surface area contributed by atoms with Crippen molar-refractivity contribution in [3.63, 3.8) is 0 Å². The Hall–Kier alpha value is -1.83. The van der Waals surface area contributed by atoms with Crippen molar-refractivity contribution in [2.75, 3.05) is 6.54 Å². The highest BCUT2D eigenvalue weighted by Gasteiger charge is 2.28. The molecule has 1 aliphatic rings. The van der Waals surface area contributed by atoms with E-state index in [0.717, 1.165) is 17.6 Å². The molecule has 0 bridgehead atoms. The summed E-state index contributed by atoms with van der Waals surface area (Å²) in [5.41, 5.74) is 4.26. The number of benzene rings is 1. The Morgan fingerprint density at radius 1 is 1.25 bits per heavy atom. The third kappa shape index (κ3) is 3.19. The molecule has 0 aliphatic carbocycles. The molecule has 0 unspecified atom stereocenters. The molecule has 1 aromatic rings. The minimum absolute atomic E-state index is 0.104. The van der Waals surface area contributed by atoms with Crippen LogP contribution in [0.4, 0.5) is 0 Å². The van der Waals surface area contributed by atoms with Gasteiger partial charge in [0.1, 0.15) is 0 Å². The van der Waals surface area contributed by atoms with Gasteiger partial charge in [-0.15, -0.1) is 0 Å². The molecular weight excluding hydrogens is 246 g/mol. The molecule has 0 radical (unpaired) electrons. The topological polar surface area (TPSA) is 20.3 Å². The normalized spacial score (nSPS) is 17.3. The molecule has 0 N–H and O–H groups in total. The molecule has 2 rings (SSSR count). The van der Waals surface area contributed by atoms with E-state index in [1.54, 1.807) is 0 Å². The van der Waals surface area contributed by atoms with Gasteiger partial charge in [-0.1, -0.05) is 50.3 Å². The van der Waals surface area contributed by atoms with E-state index in [-0.39, 0.29) is 5.91 Å². The van der Waals surface area contributed by atoms with Crippen LogP contribution in [-0.4, -0.2) is 17.4 Å². The van der Waals surface area contributed by atoms with Crippen LogP contribution in [0.5, 0.6) is 0 Å². The predicted octanol–water partition coefficient (Wildman–Crippen LogP) is 3.87. The van der Waals surface area contributed by atoms with E-state index < -0.39 is 0 Å². The van der Waals surface area contributed by atoms with Crippen molar-refractivity contribution in [3.8, 4) is 0 Å². The number of allylic oxidation sites excluding steroid dienone is 1. The lowest BCUT2D eigenvalue weighted by molar-refractivity contribution is -0.125. The zero-order valence-electron chi connectivity index (χ0n) is 12.5. The molecule has 2 nitrogen and oxygen atoms in total. The first kappa shape index (κ1) is 14.6. The van der Waals surface area contributed by atoms with Gasteiger partial charge in [-0.25, -0.2) is 0 Å². The Morgan fingerprint density at radius 3 is 2.45 bits per heavy atom. The van der Waals surface area contributed by atoms with Gasteiger partial charge in [-0.3, -0.25) is 4.79 Å². The second-order valence-electron chi connectivity index (χ2n) is 5.39. The highest BCUT2D eigenvalue weighted by molar-refractivity contribution is 6.00. The van der Waals surface area contributed by atoms with Gasteiger partial charge in [0.25, 0.3) is 5.91 Å². The van der Waals surface area contributed by atoms with Gasteiger partial charge in [-0.05, 0) is 36.5 Å². The fourth-order valence-corrected chi connectivity index (χ4v) is 2.58. The van der Waals surface area contributed by atoms with Crippen LogP contribution >= 0.6 is 0 Å². The number of carbonyl (C=O) groups excluding carboxylic acids is 1. The lowest BCUT2D eigenvalue weighted by atomic mass is 10.1. The molecule has 1 heterocycles. The van der Waals surface area contributed by atoms with Crippen molar-refractivity contribution in [2.24, 2.45) is 0 Å². The zero-order chi connectivity index (χ0) is 14.5. The Morgan fingerprint density at radius 2 is 1.90 bits per heavy atom. The Bertz CT molecular complexity index is 525. The summed E-state index contributed by atoms with van der Waals surface area (Å²) >= 11 is 0. The third-order valence-electron chi connectivity index (χ3n) is 3.78. The third-order valence-corrected chi connectivity index (χ3v) is 3.78. The van der Waals surface area contributed by atoms with Gasteiger partial charge in [-0.2, -0.15) is 0 Å². The Balaban J connectivity index is 2.00. The number of amides is 1. The number of hydrogen-bond acceptors (Lipinski definition) is 1. The SMILES string of the molecule is C=C1CN(Cc2ccc(CCCC)cc2)C(=O)/C1=C\C. The molecule has 0 aromatic heterocycles. The van der Waals surface area contributed by atoms with E-state index in [1.165, 1.54) is 24.0 Å². The van der Waals surface area contributed by atoms with Crippen LogP contribution in [0, 0.1) is 0 Å². The van der Waals surface area contributed by atoms with Crippen LogP contribution in [0.25, 0.3) is 0 Å². The lowest BCUT2D eigenvalue weighted by Crippen LogP contribution is -2.24. The number of aryl methyl sites for hydroxylation is 1. The molecule has 0 saturated carbocycles. The summed E-state index contributed by atoms with van der Waals surface area (Å²) in [6.07, 6.45) is 5.45. The fraction of sp³-hybridized carbons (Fsp3) is 0.389. The van der Waals surface area contributed by atoms with Crippen LogP contribution in [0.15, 0.2) is 48.1 Å².